The summed E-state index contributed by atoms with van der Waals surface area (Å²) in [6.45, 7) is 0.487. The van der Waals surface area contributed by atoms with Gasteiger partial charge >= 0.3 is 0 Å². The first-order valence-corrected chi connectivity index (χ1v) is 7.74. The van der Waals surface area contributed by atoms with Gasteiger partial charge in [0.15, 0.2) is 5.13 Å². The minimum atomic E-state index is -0.150. The molecule has 4 nitrogen and oxygen atoms in total. The number of nitrogens with two attached hydrogens (primary N) is 1. The van der Waals surface area contributed by atoms with Crippen molar-refractivity contribution in [1.82, 2.24) is 4.98 Å². The van der Waals surface area contributed by atoms with E-state index in [9.17, 15) is 4.79 Å². The summed E-state index contributed by atoms with van der Waals surface area (Å²) in [7, 11) is 0. The molecule has 2 N–H and O–H groups in total. The van der Waals surface area contributed by atoms with Gasteiger partial charge < -0.3 is 10.6 Å². The van der Waals surface area contributed by atoms with Crippen LogP contribution in [-0.2, 0) is 6.54 Å². The summed E-state index contributed by atoms with van der Waals surface area (Å²) in [5.41, 5.74) is 7.92. The maximum Gasteiger partial charge on any atom is 0.278 e. The Morgan fingerprint density at radius 3 is 2.27 bits per heavy atom. The van der Waals surface area contributed by atoms with E-state index in [0.29, 0.717) is 17.4 Å². The summed E-state index contributed by atoms with van der Waals surface area (Å²) < 4.78 is 0. The smallest absolute Gasteiger partial charge is 0.278 e. The summed E-state index contributed by atoms with van der Waals surface area (Å²) >= 11 is 1.27. The summed E-state index contributed by atoms with van der Waals surface area (Å²) in [6.07, 6.45) is 0. The van der Waals surface area contributed by atoms with Gasteiger partial charge in [0.25, 0.3) is 5.91 Å². The number of carbonyl (C=O) groups excluding carboxylic acids is 1. The van der Waals surface area contributed by atoms with Crippen LogP contribution < -0.4 is 10.6 Å². The Hall–Kier alpha value is -2.66. The number of thiazole rings is 1. The van der Waals surface area contributed by atoms with Crippen LogP contribution >= 0.6 is 11.3 Å². The molecule has 0 radical (unpaired) electrons. The molecule has 0 saturated carbocycles. The highest BCUT2D eigenvalue weighted by Crippen LogP contribution is 2.21. The van der Waals surface area contributed by atoms with Crippen molar-refractivity contribution < 1.29 is 4.79 Å². The van der Waals surface area contributed by atoms with E-state index < -0.39 is 0 Å². The van der Waals surface area contributed by atoms with Crippen LogP contribution in [0, 0.1) is 0 Å². The number of hydrogen-bond donors (Lipinski definition) is 1. The molecule has 22 heavy (non-hydrogen) atoms. The third-order valence-electron chi connectivity index (χ3n) is 3.24. The maximum absolute atomic E-state index is 12.8. The molecule has 0 aliphatic rings. The first-order valence-electron chi connectivity index (χ1n) is 6.86. The van der Waals surface area contributed by atoms with Crippen molar-refractivity contribution >= 4 is 28.1 Å². The highest BCUT2D eigenvalue weighted by atomic mass is 32.1. The van der Waals surface area contributed by atoms with Gasteiger partial charge in [-0.25, -0.2) is 4.98 Å². The Morgan fingerprint density at radius 2 is 1.68 bits per heavy atom. The number of nitrogen functional groups attached to an aromatic ring is 1. The lowest BCUT2D eigenvalue weighted by Gasteiger charge is -2.22. The molecule has 0 fully saturated rings. The van der Waals surface area contributed by atoms with Gasteiger partial charge in [-0.3, -0.25) is 4.79 Å². The fourth-order valence-electron chi connectivity index (χ4n) is 2.18. The van der Waals surface area contributed by atoms with Crippen LogP contribution in [0.3, 0.4) is 0 Å². The second-order valence-corrected chi connectivity index (χ2v) is 5.67. The van der Waals surface area contributed by atoms with Crippen molar-refractivity contribution in [2.75, 3.05) is 10.6 Å². The molecule has 0 aliphatic carbocycles. The number of aromatic nitrogens is 1. The standard InChI is InChI=1S/C17H15N3OS/c18-17-19-15(12-22-17)16(21)20(14-9-5-2-6-10-14)11-13-7-3-1-4-8-13/h1-10,12H,11H2,(H2,18,19). The van der Waals surface area contributed by atoms with Gasteiger partial charge in [-0.05, 0) is 17.7 Å². The van der Waals surface area contributed by atoms with Crippen molar-refractivity contribution in [1.29, 1.82) is 0 Å². The Balaban J connectivity index is 1.94. The van der Waals surface area contributed by atoms with Crippen LogP contribution in [0.2, 0.25) is 0 Å². The largest absolute Gasteiger partial charge is 0.375 e. The van der Waals surface area contributed by atoms with Crippen molar-refractivity contribution in [2.24, 2.45) is 0 Å². The van der Waals surface area contributed by atoms with Crippen LogP contribution in [0.5, 0.6) is 0 Å². The Labute approximate surface area is 132 Å². The fraction of sp³-hybridized carbons (Fsp3) is 0.0588. The molecule has 0 saturated heterocycles. The van der Waals surface area contributed by atoms with E-state index in [1.54, 1.807) is 10.3 Å². The van der Waals surface area contributed by atoms with E-state index in [4.69, 9.17) is 5.73 Å². The zero-order valence-corrected chi connectivity index (χ0v) is 12.7. The van der Waals surface area contributed by atoms with Gasteiger partial charge in [0.2, 0.25) is 0 Å². The topological polar surface area (TPSA) is 59.2 Å². The van der Waals surface area contributed by atoms with Gasteiger partial charge in [0.05, 0.1) is 6.54 Å². The number of hydrogen-bond acceptors (Lipinski definition) is 4. The minimum absolute atomic E-state index is 0.150. The van der Waals surface area contributed by atoms with Crippen LogP contribution in [0.15, 0.2) is 66.0 Å². The van der Waals surface area contributed by atoms with Gasteiger partial charge in [-0.15, -0.1) is 11.3 Å². The first kappa shape index (κ1) is 14.3. The van der Waals surface area contributed by atoms with E-state index in [0.717, 1.165) is 11.3 Å². The number of carbonyl (C=O) groups is 1. The van der Waals surface area contributed by atoms with E-state index in [1.165, 1.54) is 11.3 Å². The van der Waals surface area contributed by atoms with Crippen LogP contribution in [0.25, 0.3) is 0 Å². The molecule has 1 aromatic heterocycles. The summed E-state index contributed by atoms with van der Waals surface area (Å²) in [6, 6.07) is 19.5. The number of para-hydroxylation sites is 1. The average molecular weight is 309 g/mol. The van der Waals surface area contributed by atoms with E-state index in [1.807, 2.05) is 60.7 Å². The Kier molecular flexibility index (Phi) is 4.16. The first-order chi connectivity index (χ1) is 10.7. The van der Waals surface area contributed by atoms with E-state index in [2.05, 4.69) is 4.98 Å². The molecule has 5 heteroatoms. The monoisotopic (exact) mass is 309 g/mol. The molecule has 0 bridgehead atoms. The second kappa shape index (κ2) is 6.41. The molecule has 110 valence electrons. The molecule has 0 unspecified atom stereocenters. The van der Waals surface area contributed by atoms with Gasteiger partial charge in [0, 0.05) is 11.1 Å². The van der Waals surface area contributed by atoms with Crippen LogP contribution in [0.1, 0.15) is 16.1 Å². The number of anilines is 2. The SMILES string of the molecule is Nc1nc(C(=O)N(Cc2ccccc2)c2ccccc2)cs1. The summed E-state index contributed by atoms with van der Waals surface area (Å²) in [5, 5.41) is 2.09. The lowest BCUT2D eigenvalue weighted by molar-refractivity contribution is 0.0981. The molecule has 1 heterocycles. The molecule has 3 rings (SSSR count). The van der Waals surface area contributed by atoms with Crippen LogP contribution in [0.4, 0.5) is 10.8 Å². The zero-order chi connectivity index (χ0) is 15.4. The Morgan fingerprint density at radius 1 is 1.05 bits per heavy atom. The van der Waals surface area contributed by atoms with E-state index >= 15 is 0 Å². The van der Waals surface area contributed by atoms with Crippen molar-refractivity contribution in [2.45, 2.75) is 6.54 Å². The van der Waals surface area contributed by atoms with Gasteiger partial charge in [-0.1, -0.05) is 48.5 Å². The third-order valence-corrected chi connectivity index (χ3v) is 3.91. The molecule has 1 amide bonds. The fourth-order valence-corrected chi connectivity index (χ4v) is 2.72. The lowest BCUT2D eigenvalue weighted by Crippen LogP contribution is -2.30. The quantitative estimate of drug-likeness (QED) is 0.801. The van der Waals surface area contributed by atoms with E-state index in [-0.39, 0.29) is 5.91 Å². The predicted octanol–water partition coefficient (Wildman–Crippen LogP) is 3.57. The van der Waals surface area contributed by atoms with Crippen molar-refractivity contribution in [3.63, 3.8) is 0 Å². The molecule has 0 aliphatic heterocycles. The molecule has 2 aromatic carbocycles. The number of nitrogens with zero attached hydrogens (tertiary/aromatic N) is 2. The predicted molar refractivity (Wildman–Crippen MR) is 89.9 cm³/mol. The van der Waals surface area contributed by atoms with Gasteiger partial charge in [0.1, 0.15) is 5.69 Å². The minimum Gasteiger partial charge on any atom is -0.375 e. The summed E-state index contributed by atoms with van der Waals surface area (Å²) in [5.74, 6) is -0.150. The normalized spacial score (nSPS) is 10.4. The number of rotatable bonds is 4. The molecule has 0 spiro atoms. The zero-order valence-electron chi connectivity index (χ0n) is 11.8. The average Bonchev–Trinajstić information content (AvgIpc) is 3.00. The maximum atomic E-state index is 12.8. The summed E-state index contributed by atoms with van der Waals surface area (Å²) in [4.78, 5) is 18.6. The van der Waals surface area contributed by atoms with Crippen LogP contribution in [-0.4, -0.2) is 10.9 Å². The number of benzene rings is 2. The Bertz CT molecular complexity index is 756. The highest BCUT2D eigenvalue weighted by molar-refractivity contribution is 7.13. The van der Waals surface area contributed by atoms with Gasteiger partial charge in [-0.2, -0.15) is 0 Å². The molecule has 3 aromatic rings. The molecular formula is C17H15N3OS. The number of amides is 1. The molecule has 0 atom stereocenters. The third kappa shape index (κ3) is 3.15. The highest BCUT2D eigenvalue weighted by Gasteiger charge is 2.20. The molecular weight excluding hydrogens is 294 g/mol. The lowest BCUT2D eigenvalue weighted by atomic mass is 10.2. The van der Waals surface area contributed by atoms with Crippen molar-refractivity contribution in [3.05, 3.63) is 77.3 Å². The van der Waals surface area contributed by atoms with Crippen molar-refractivity contribution in [3.8, 4) is 0 Å². The second-order valence-electron chi connectivity index (χ2n) is 4.78.